The number of nitrogens with one attached hydrogen (secondary N) is 2. The van der Waals surface area contributed by atoms with E-state index in [-0.39, 0.29) is 27.8 Å². The number of likely N-dealkylation sites (N-methyl/N-ethyl adjacent to an activating group) is 2. The van der Waals surface area contributed by atoms with Gasteiger partial charge in [-0.3, -0.25) is 75.7 Å². The van der Waals surface area contributed by atoms with Crippen LogP contribution in [0.5, 0.6) is 11.5 Å². The molecule has 15 aromatic heterocycles. The molecule has 0 saturated carbocycles. The van der Waals surface area contributed by atoms with Gasteiger partial charge in [0.25, 0.3) is 27.8 Å². The molecular weight excluding hydrogens is 1840 g/mol. The number of rotatable bonds is 14. The molecular formula is C108H108N26O11. The van der Waals surface area contributed by atoms with Crippen LogP contribution in [0.15, 0.2) is 245 Å². The number of piperazine rings is 1. The number of fused-ring (bicyclic) bond motifs is 9. The number of nitrogens with zero attached hydrogens (tertiary/aromatic N) is 24. The molecule has 0 bridgehead atoms. The number of pyridine rings is 2. The zero-order valence-electron chi connectivity index (χ0n) is 82.0. The molecule has 0 aliphatic carbocycles. The minimum Gasteiger partial charge on any atom is -0.493 e. The van der Waals surface area contributed by atoms with Gasteiger partial charge in [-0.15, -0.1) is 0 Å². The molecule has 3 fully saturated rings. The number of hydrogen-bond donors (Lipinski definition) is 2. The highest BCUT2D eigenvalue weighted by atomic mass is 16.5. The zero-order valence-corrected chi connectivity index (χ0v) is 82.0. The maximum atomic E-state index is 13.1. The third kappa shape index (κ3) is 20.6. The second-order valence-electron chi connectivity index (χ2n) is 36.7. The lowest BCUT2D eigenvalue weighted by atomic mass is 10.0. The summed E-state index contributed by atoms with van der Waals surface area (Å²) in [6, 6.07) is 38.8. The molecule has 37 nitrogen and oxygen atoms in total. The third-order valence-electron chi connectivity index (χ3n) is 27.1. The van der Waals surface area contributed by atoms with Crippen molar-refractivity contribution in [2.45, 2.75) is 79.7 Å². The predicted molar refractivity (Wildman–Crippen MR) is 557 cm³/mol. The number of morpholine rings is 1. The van der Waals surface area contributed by atoms with E-state index in [1.165, 1.54) is 23.3 Å². The Balaban J connectivity index is 0.000000107. The smallest absolute Gasteiger partial charge is 0.258 e. The largest absolute Gasteiger partial charge is 0.493 e. The second kappa shape index (κ2) is 41.3. The van der Waals surface area contributed by atoms with Crippen LogP contribution >= 0.6 is 0 Å². The van der Waals surface area contributed by atoms with Crippen LogP contribution in [0.4, 0.5) is 11.4 Å². The average molecular weight is 1950 g/mol. The van der Waals surface area contributed by atoms with Crippen LogP contribution in [0, 0.1) is 34.6 Å². The molecule has 19 aromatic rings. The lowest BCUT2D eigenvalue weighted by molar-refractivity contribution is 0.0115. The number of anilines is 2. The van der Waals surface area contributed by atoms with E-state index in [1.54, 1.807) is 109 Å². The number of piperidine rings is 1. The normalized spacial score (nSPS) is 15.7. The van der Waals surface area contributed by atoms with Crippen molar-refractivity contribution < 1.29 is 27.5 Å². The summed E-state index contributed by atoms with van der Waals surface area (Å²) in [7, 11) is 5.29. The summed E-state index contributed by atoms with van der Waals surface area (Å²) in [6.07, 6.45) is 29.2. The van der Waals surface area contributed by atoms with Crippen LogP contribution < -0.4 is 57.7 Å². The van der Waals surface area contributed by atoms with E-state index in [0.717, 1.165) is 233 Å². The van der Waals surface area contributed by atoms with E-state index in [2.05, 4.69) is 133 Å². The standard InChI is InChI=1S/C26H32N4O4.C22H21N5O2.C21H19N5O2.C20H17N5O2.C19H19N7O/c1-18-14-21(28-8-6-20(7-9-28)29-10-12-34-13-11-29)17-30-25(31)16-22(27-26(18)30)19-4-5-23(32-2)24(15-19)33-3;1-3-26-8-6-15(7-9-26)19-13-27-21(12-23-19)25-18(11-22(27)28)16-4-5-17-20(10-16)29-14(2)24-17;1-13-23-16-4-3-15(9-19(16)28-13)17-10-21(27)26-12-18(22-11-20(26)24-17)14-5-7-25(2)8-6-14;1-12-23-15-3-2-14(8-18(15)27-12)16-9-20(26)25-11-17(22-10-19(25)24-16)13-4-6-21-7-5-13;1-13-11-26-15(10-21-13)8-17(23-26)16-9-19(27)25-12-14(2-3-18(25)22-16)24-6-4-20-5-7-24/h4-5,14-17,20H,6-13H2,1-3H3;4-6,10-13H,3,7-9H2,1-2H3;3-5,9-12H,6-8H2,1-2H3;2-4,8-11,21H,5-7H2,1H3;2-3,8-12,20H,4-7H2,1H3. The molecule has 0 unspecified atom stereocenters. The molecule has 145 heavy (non-hydrogen) atoms. The first-order valence-electron chi connectivity index (χ1n) is 48.7. The first-order chi connectivity index (χ1) is 70.6. The molecule has 0 spiro atoms. The lowest BCUT2D eigenvalue weighted by Gasteiger charge is -2.40. The summed E-state index contributed by atoms with van der Waals surface area (Å²) in [6.45, 7) is 27.6. The van der Waals surface area contributed by atoms with Gasteiger partial charge in [-0.2, -0.15) is 5.10 Å². The topological polar surface area (TPSA) is 387 Å². The quantitative estimate of drug-likeness (QED) is 0.102. The summed E-state index contributed by atoms with van der Waals surface area (Å²) >= 11 is 0. The van der Waals surface area contributed by atoms with Crippen LogP contribution in [-0.2, 0) is 4.74 Å². The van der Waals surface area contributed by atoms with Crippen molar-refractivity contribution in [1.29, 1.82) is 0 Å². The Morgan fingerprint density at radius 2 is 0.890 bits per heavy atom. The molecule has 3 saturated heterocycles. The van der Waals surface area contributed by atoms with Crippen molar-refractivity contribution >= 4 is 95.1 Å². The van der Waals surface area contributed by atoms with Gasteiger partial charge < -0.3 is 52.8 Å². The van der Waals surface area contributed by atoms with E-state index in [1.807, 2.05) is 137 Å². The van der Waals surface area contributed by atoms with Gasteiger partial charge in [0.2, 0.25) is 0 Å². The van der Waals surface area contributed by atoms with Gasteiger partial charge in [-0.1, -0.05) is 43.4 Å². The van der Waals surface area contributed by atoms with E-state index in [4.69, 9.17) is 32.4 Å². The summed E-state index contributed by atoms with van der Waals surface area (Å²) in [4.78, 5) is 130. The van der Waals surface area contributed by atoms with E-state index < -0.39 is 0 Å². The highest BCUT2D eigenvalue weighted by Crippen LogP contribution is 2.35. The number of oxazole rings is 3. The van der Waals surface area contributed by atoms with Gasteiger partial charge in [0.05, 0.1) is 127 Å². The predicted octanol–water partition coefficient (Wildman–Crippen LogP) is 12.9. The minimum atomic E-state index is -0.137. The van der Waals surface area contributed by atoms with E-state index in [0.29, 0.717) is 114 Å². The SMILES string of the molecule is CCN1CC=C(c2cn3c(=O)cc(-c4ccc5nc(C)oc5c4)nc3cn2)CC1.COc1ccc(-c2cc(=O)n3cc(N4CCC(N5CCOCC5)CC4)cc(C)c3n2)cc1OC.Cc1cn2nc(-c3cc(=O)n4cc(N5CCNCC5)ccc4n3)cc2cn1.Cc1nc2ccc(-c3cc(=O)n4cc(C5=CCN(C)CC5)ncc4n3)cc2o1.Cc1nc2ccc(-c3cc(=O)n4cc(C5=CCNCC5)ncc4n3)cc2o1. The van der Waals surface area contributed by atoms with Crippen molar-refractivity contribution in [1.82, 2.24) is 117 Å². The molecule has 4 aromatic carbocycles. The molecule has 0 atom stereocenters. The fraction of sp³-hybridized carbons (Fsp3) is 0.296. The summed E-state index contributed by atoms with van der Waals surface area (Å²) in [5.74, 6) is 3.08. The maximum absolute atomic E-state index is 13.1. The Labute approximate surface area is 830 Å². The van der Waals surface area contributed by atoms with Crippen molar-refractivity contribution in [3.63, 3.8) is 0 Å². The van der Waals surface area contributed by atoms with Crippen molar-refractivity contribution in [3.8, 4) is 67.9 Å². The first-order valence-corrected chi connectivity index (χ1v) is 48.7. The number of aromatic nitrogens is 19. The average Bonchev–Trinajstić information content (AvgIpc) is 1.52. The fourth-order valence-electron chi connectivity index (χ4n) is 19.2. The molecule has 37 heteroatoms. The van der Waals surface area contributed by atoms with Crippen molar-refractivity contribution in [3.05, 3.63) is 305 Å². The first kappa shape index (κ1) is 94.9. The number of aryl methyl sites for hydroxylation is 5. The molecule has 2 N–H and O–H groups in total. The summed E-state index contributed by atoms with van der Waals surface area (Å²) in [5, 5.41) is 11.1. The molecule has 736 valence electrons. The van der Waals surface area contributed by atoms with Crippen LogP contribution in [0.1, 0.15) is 85.0 Å². The van der Waals surface area contributed by atoms with Crippen LogP contribution in [0.2, 0.25) is 0 Å². The van der Waals surface area contributed by atoms with Crippen molar-refractivity contribution in [2.24, 2.45) is 0 Å². The number of benzene rings is 4. The highest BCUT2D eigenvalue weighted by molar-refractivity contribution is 5.83. The van der Waals surface area contributed by atoms with Gasteiger partial charge in [0.15, 0.2) is 62.9 Å². The van der Waals surface area contributed by atoms with Gasteiger partial charge in [0, 0.05) is 195 Å². The summed E-state index contributed by atoms with van der Waals surface area (Å²) in [5.41, 5.74) is 24.3. The number of methoxy groups -OCH3 is 2. The molecule has 6 aliphatic rings. The van der Waals surface area contributed by atoms with E-state index in [9.17, 15) is 24.0 Å². The fourth-order valence-corrected chi connectivity index (χ4v) is 19.2. The summed E-state index contributed by atoms with van der Waals surface area (Å²) < 4.78 is 42.7. The molecule has 0 radical (unpaired) electrons. The molecule has 6 aliphatic heterocycles. The van der Waals surface area contributed by atoms with Crippen molar-refractivity contribution in [2.75, 3.05) is 142 Å². The van der Waals surface area contributed by atoms with Gasteiger partial charge in [-0.05, 0) is 167 Å². The Morgan fingerprint density at radius 3 is 1.41 bits per heavy atom. The van der Waals surface area contributed by atoms with Gasteiger partial charge >= 0.3 is 0 Å². The maximum Gasteiger partial charge on any atom is 0.258 e. The van der Waals surface area contributed by atoms with Crippen LogP contribution in [0.25, 0.3) is 140 Å². The van der Waals surface area contributed by atoms with E-state index >= 15 is 0 Å². The van der Waals surface area contributed by atoms with Crippen LogP contribution in [0.3, 0.4) is 0 Å². The Bertz CT molecular complexity index is 8620. The highest BCUT2D eigenvalue weighted by Gasteiger charge is 2.29. The number of ether oxygens (including phenoxy) is 3. The number of hydrogen-bond acceptors (Lipinski definition) is 31. The van der Waals surface area contributed by atoms with Gasteiger partial charge in [0.1, 0.15) is 33.5 Å². The molecule has 21 heterocycles. The Morgan fingerprint density at radius 1 is 0.400 bits per heavy atom. The lowest BCUT2D eigenvalue weighted by Crippen LogP contribution is -2.49. The van der Waals surface area contributed by atoms with Gasteiger partial charge in [-0.25, -0.2) is 44.4 Å². The monoisotopic (exact) mass is 1940 g/mol. The Hall–Kier alpha value is -16.3. The molecule has 0 amide bonds. The zero-order chi connectivity index (χ0) is 99.6. The second-order valence-corrected chi connectivity index (χ2v) is 36.7. The van der Waals surface area contributed by atoms with Crippen LogP contribution in [-0.4, -0.2) is 245 Å². The molecule has 25 rings (SSSR count). The third-order valence-corrected chi connectivity index (χ3v) is 27.1. The minimum absolute atomic E-state index is 0.0945. The Kier molecular flexibility index (Phi) is 27.0.